The van der Waals surface area contributed by atoms with Crippen LogP contribution in [-0.4, -0.2) is 28.2 Å². The van der Waals surface area contributed by atoms with Gasteiger partial charge in [-0.15, -0.1) is 11.6 Å². The number of rotatable bonds is 6. The van der Waals surface area contributed by atoms with Crippen LogP contribution in [-0.2, 0) is 0 Å². The number of carbonyl (C=O) groups excluding carboxylic acids is 1. The number of alkyl halides is 1. The summed E-state index contributed by atoms with van der Waals surface area (Å²) in [5, 5.41) is 13.1. The van der Waals surface area contributed by atoms with Crippen LogP contribution in [0.25, 0.3) is 0 Å². The van der Waals surface area contributed by atoms with Crippen molar-refractivity contribution in [1.82, 2.24) is 10.3 Å². The van der Waals surface area contributed by atoms with Gasteiger partial charge in [-0.3, -0.25) is 14.9 Å². The Balaban J connectivity index is 2.49. The smallest absolute Gasteiger partial charge is 0.287 e. The molecule has 17 heavy (non-hydrogen) atoms. The maximum atomic E-state index is 11.6. The van der Waals surface area contributed by atoms with Crippen LogP contribution in [0.3, 0.4) is 0 Å². The molecule has 0 saturated carbocycles. The van der Waals surface area contributed by atoms with Crippen LogP contribution in [0.5, 0.6) is 0 Å². The van der Waals surface area contributed by atoms with Gasteiger partial charge in [0.05, 0.1) is 11.1 Å². The molecule has 2 N–H and O–H groups in total. The standard InChI is InChI=1S/C10H14ClN3O3/c1-7(2-3-11)5-13-10(15)9-4-8(6-12-9)14(16)17/h4,6-7,12H,2-3,5H2,1H3,(H,13,15). The summed E-state index contributed by atoms with van der Waals surface area (Å²) in [6.07, 6.45) is 2.00. The largest absolute Gasteiger partial charge is 0.351 e. The lowest BCUT2D eigenvalue weighted by Crippen LogP contribution is -2.28. The number of aromatic nitrogens is 1. The number of hydrogen-bond acceptors (Lipinski definition) is 3. The van der Waals surface area contributed by atoms with Crippen molar-refractivity contribution in [2.45, 2.75) is 13.3 Å². The van der Waals surface area contributed by atoms with Crippen LogP contribution in [0.4, 0.5) is 5.69 Å². The van der Waals surface area contributed by atoms with Crippen molar-refractivity contribution in [3.05, 3.63) is 28.1 Å². The molecule has 0 aliphatic rings. The third kappa shape index (κ3) is 4.07. The molecule has 0 aliphatic carbocycles. The first-order valence-corrected chi connectivity index (χ1v) is 5.75. The molecule has 1 heterocycles. The normalized spacial score (nSPS) is 12.1. The number of carbonyl (C=O) groups is 1. The minimum Gasteiger partial charge on any atom is -0.351 e. The van der Waals surface area contributed by atoms with Gasteiger partial charge in [0.25, 0.3) is 11.6 Å². The number of nitrogens with zero attached hydrogens (tertiary/aromatic N) is 1. The lowest BCUT2D eigenvalue weighted by Gasteiger charge is -2.09. The molecular formula is C10H14ClN3O3. The first kappa shape index (κ1) is 13.5. The fourth-order valence-corrected chi connectivity index (χ4v) is 1.64. The molecule has 0 radical (unpaired) electrons. The van der Waals surface area contributed by atoms with Gasteiger partial charge in [0.2, 0.25) is 0 Å². The number of nitrogens with one attached hydrogen (secondary N) is 2. The summed E-state index contributed by atoms with van der Waals surface area (Å²) in [6, 6.07) is 1.21. The van der Waals surface area contributed by atoms with Crippen molar-refractivity contribution in [3.8, 4) is 0 Å². The fraction of sp³-hybridized carbons (Fsp3) is 0.500. The molecule has 0 fully saturated rings. The second kappa shape index (κ2) is 6.24. The molecule has 0 bridgehead atoms. The zero-order valence-electron chi connectivity index (χ0n) is 9.40. The summed E-state index contributed by atoms with van der Waals surface area (Å²) in [5.74, 6) is 0.478. The van der Waals surface area contributed by atoms with Gasteiger partial charge in [-0.2, -0.15) is 0 Å². The third-order valence-corrected chi connectivity index (χ3v) is 2.55. The van der Waals surface area contributed by atoms with Crippen LogP contribution in [0.15, 0.2) is 12.3 Å². The van der Waals surface area contributed by atoms with Crippen LogP contribution in [0.2, 0.25) is 0 Å². The summed E-state index contributed by atoms with van der Waals surface area (Å²) in [6.45, 7) is 2.47. The number of amides is 1. The second-order valence-electron chi connectivity index (χ2n) is 3.82. The van der Waals surface area contributed by atoms with E-state index in [1.165, 1.54) is 12.3 Å². The maximum absolute atomic E-state index is 11.6. The van der Waals surface area contributed by atoms with Gasteiger partial charge >= 0.3 is 0 Å². The van der Waals surface area contributed by atoms with Gasteiger partial charge < -0.3 is 10.3 Å². The molecular weight excluding hydrogens is 246 g/mol. The Bertz CT molecular complexity index is 405. The summed E-state index contributed by atoms with van der Waals surface area (Å²) in [4.78, 5) is 24.0. The van der Waals surface area contributed by atoms with Crippen LogP contribution >= 0.6 is 11.6 Å². The molecule has 0 spiro atoms. The van der Waals surface area contributed by atoms with Gasteiger partial charge in [-0.05, 0) is 12.3 Å². The predicted octanol–water partition coefficient (Wildman–Crippen LogP) is 1.92. The molecule has 0 aromatic carbocycles. The van der Waals surface area contributed by atoms with Crippen molar-refractivity contribution >= 4 is 23.2 Å². The first-order chi connectivity index (χ1) is 8.04. The number of nitro groups is 1. The SMILES string of the molecule is CC(CCCl)CNC(=O)c1cc([N+](=O)[O-])c[nH]1. The zero-order chi connectivity index (χ0) is 12.8. The van der Waals surface area contributed by atoms with Gasteiger partial charge in [0.1, 0.15) is 5.69 Å². The topological polar surface area (TPSA) is 88.0 Å². The van der Waals surface area contributed by atoms with Crippen LogP contribution < -0.4 is 5.32 Å². The molecule has 1 aromatic heterocycles. The van der Waals surface area contributed by atoms with E-state index >= 15 is 0 Å². The summed E-state index contributed by atoms with van der Waals surface area (Å²) in [7, 11) is 0. The average Bonchev–Trinajstić information content (AvgIpc) is 2.75. The maximum Gasteiger partial charge on any atom is 0.287 e. The molecule has 1 rings (SSSR count). The number of hydrogen-bond donors (Lipinski definition) is 2. The van der Waals surface area contributed by atoms with E-state index in [1.807, 2.05) is 6.92 Å². The highest BCUT2D eigenvalue weighted by molar-refractivity contribution is 6.17. The van der Waals surface area contributed by atoms with E-state index in [0.717, 1.165) is 6.42 Å². The molecule has 1 unspecified atom stereocenters. The van der Waals surface area contributed by atoms with E-state index < -0.39 is 4.92 Å². The second-order valence-corrected chi connectivity index (χ2v) is 4.20. The quantitative estimate of drug-likeness (QED) is 0.465. The Kier molecular flexibility index (Phi) is 4.96. The van der Waals surface area contributed by atoms with Gasteiger partial charge in [0.15, 0.2) is 0 Å². The highest BCUT2D eigenvalue weighted by atomic mass is 35.5. The van der Waals surface area contributed by atoms with Gasteiger partial charge in [0, 0.05) is 18.5 Å². The molecule has 1 aromatic rings. The van der Waals surface area contributed by atoms with E-state index in [9.17, 15) is 14.9 Å². The Labute approximate surface area is 103 Å². The minimum atomic E-state index is -0.552. The summed E-state index contributed by atoms with van der Waals surface area (Å²) >= 11 is 5.57. The van der Waals surface area contributed by atoms with E-state index in [0.29, 0.717) is 12.4 Å². The summed E-state index contributed by atoms with van der Waals surface area (Å²) in [5.41, 5.74) is 0.0683. The highest BCUT2D eigenvalue weighted by Gasteiger charge is 2.14. The lowest BCUT2D eigenvalue weighted by molar-refractivity contribution is -0.384. The fourth-order valence-electron chi connectivity index (χ4n) is 1.27. The molecule has 1 atom stereocenters. The number of H-pyrrole nitrogens is 1. The molecule has 6 nitrogen and oxygen atoms in total. The van der Waals surface area contributed by atoms with Gasteiger partial charge in [-0.25, -0.2) is 0 Å². The first-order valence-electron chi connectivity index (χ1n) is 5.21. The van der Waals surface area contributed by atoms with Crippen molar-refractivity contribution < 1.29 is 9.72 Å². The predicted molar refractivity (Wildman–Crippen MR) is 64.3 cm³/mol. The van der Waals surface area contributed by atoms with Gasteiger partial charge in [-0.1, -0.05) is 6.92 Å². The van der Waals surface area contributed by atoms with Crippen molar-refractivity contribution in [2.24, 2.45) is 5.92 Å². The number of halogens is 1. The van der Waals surface area contributed by atoms with Crippen molar-refractivity contribution in [1.29, 1.82) is 0 Å². The van der Waals surface area contributed by atoms with E-state index in [4.69, 9.17) is 11.6 Å². The Hall–Kier alpha value is -1.56. The summed E-state index contributed by atoms with van der Waals surface area (Å²) < 4.78 is 0. The molecule has 1 amide bonds. The minimum absolute atomic E-state index is 0.121. The lowest BCUT2D eigenvalue weighted by atomic mass is 10.1. The number of aromatic amines is 1. The van der Waals surface area contributed by atoms with Crippen LogP contribution in [0, 0.1) is 16.0 Å². The Morgan fingerprint density at radius 3 is 2.94 bits per heavy atom. The Morgan fingerprint density at radius 2 is 2.41 bits per heavy atom. The van der Waals surface area contributed by atoms with E-state index in [2.05, 4.69) is 10.3 Å². The average molecular weight is 260 g/mol. The third-order valence-electron chi connectivity index (χ3n) is 2.34. The zero-order valence-corrected chi connectivity index (χ0v) is 10.2. The van der Waals surface area contributed by atoms with E-state index in [1.54, 1.807) is 0 Å². The monoisotopic (exact) mass is 259 g/mol. The highest BCUT2D eigenvalue weighted by Crippen LogP contribution is 2.12. The van der Waals surface area contributed by atoms with Crippen LogP contribution in [0.1, 0.15) is 23.8 Å². The molecule has 0 saturated heterocycles. The van der Waals surface area contributed by atoms with E-state index in [-0.39, 0.29) is 23.2 Å². The van der Waals surface area contributed by atoms with Crippen molar-refractivity contribution in [3.63, 3.8) is 0 Å². The molecule has 7 heteroatoms. The molecule has 94 valence electrons. The Morgan fingerprint density at radius 1 is 1.71 bits per heavy atom. The van der Waals surface area contributed by atoms with Crippen molar-refractivity contribution in [2.75, 3.05) is 12.4 Å². The molecule has 0 aliphatic heterocycles.